The number of nitrogens with two attached hydrogens (primary N) is 1. The Balaban J connectivity index is 1.75. The third kappa shape index (κ3) is 3.51. The number of rotatable bonds is 4. The van der Waals surface area contributed by atoms with Crippen LogP contribution in [0.4, 0.5) is 0 Å². The second-order valence-electron chi connectivity index (χ2n) is 4.45. The molecule has 2 unspecified atom stereocenters. The molecule has 1 aromatic rings. The Kier molecular flexibility index (Phi) is 4.74. The summed E-state index contributed by atoms with van der Waals surface area (Å²) < 4.78 is 1.16. The van der Waals surface area contributed by atoms with Crippen molar-refractivity contribution in [3.63, 3.8) is 0 Å². The Bertz CT molecular complexity index is 342. The van der Waals surface area contributed by atoms with Crippen molar-refractivity contribution in [2.75, 3.05) is 5.75 Å². The van der Waals surface area contributed by atoms with Crippen LogP contribution >= 0.6 is 27.7 Å². The molecule has 1 fully saturated rings. The third-order valence-corrected chi connectivity index (χ3v) is 4.79. The summed E-state index contributed by atoms with van der Waals surface area (Å²) in [5.41, 5.74) is 6.07. The Morgan fingerprint density at radius 1 is 1.38 bits per heavy atom. The van der Waals surface area contributed by atoms with Crippen LogP contribution in [0, 0.1) is 5.92 Å². The molecule has 88 valence electrons. The maximum absolute atomic E-state index is 6.07. The first-order chi connectivity index (χ1) is 7.75. The molecule has 0 heterocycles. The standard InChI is InChI=1S/C13H18BrNS/c14-11-4-2-5-12(9-11)16-8-7-10-3-1-6-13(10)15/h2,4-5,9-10,13H,1,3,6-8,15H2. The molecule has 1 aromatic carbocycles. The van der Waals surface area contributed by atoms with Gasteiger partial charge < -0.3 is 5.73 Å². The van der Waals surface area contributed by atoms with Crippen molar-refractivity contribution in [1.29, 1.82) is 0 Å². The van der Waals surface area contributed by atoms with Crippen LogP contribution < -0.4 is 5.73 Å². The third-order valence-electron chi connectivity index (χ3n) is 3.27. The van der Waals surface area contributed by atoms with Crippen LogP contribution in [0.15, 0.2) is 33.6 Å². The van der Waals surface area contributed by atoms with Crippen molar-refractivity contribution in [2.24, 2.45) is 11.7 Å². The van der Waals surface area contributed by atoms with E-state index in [-0.39, 0.29) is 0 Å². The van der Waals surface area contributed by atoms with Gasteiger partial charge in [-0.15, -0.1) is 11.8 Å². The van der Waals surface area contributed by atoms with E-state index in [2.05, 4.69) is 40.2 Å². The molecule has 0 amide bonds. The van der Waals surface area contributed by atoms with E-state index in [0.717, 1.165) is 10.4 Å². The van der Waals surface area contributed by atoms with Gasteiger partial charge in [0.1, 0.15) is 0 Å². The number of hydrogen-bond acceptors (Lipinski definition) is 2. The van der Waals surface area contributed by atoms with Crippen molar-refractivity contribution in [2.45, 2.75) is 36.6 Å². The molecule has 1 saturated carbocycles. The molecule has 0 aromatic heterocycles. The zero-order valence-electron chi connectivity index (χ0n) is 9.36. The summed E-state index contributed by atoms with van der Waals surface area (Å²) in [7, 11) is 0. The van der Waals surface area contributed by atoms with Crippen LogP contribution in [0.3, 0.4) is 0 Å². The number of halogens is 1. The fourth-order valence-electron chi connectivity index (χ4n) is 2.31. The van der Waals surface area contributed by atoms with Gasteiger partial charge in [0.2, 0.25) is 0 Å². The quantitative estimate of drug-likeness (QED) is 0.849. The van der Waals surface area contributed by atoms with Crippen LogP contribution in [0.5, 0.6) is 0 Å². The lowest BCUT2D eigenvalue weighted by molar-refractivity contribution is 0.470. The van der Waals surface area contributed by atoms with Gasteiger partial charge in [-0.25, -0.2) is 0 Å². The normalized spacial score (nSPS) is 24.9. The Labute approximate surface area is 110 Å². The van der Waals surface area contributed by atoms with Gasteiger partial charge in [-0.3, -0.25) is 0 Å². The highest BCUT2D eigenvalue weighted by atomic mass is 79.9. The van der Waals surface area contributed by atoms with E-state index in [1.54, 1.807) is 0 Å². The summed E-state index contributed by atoms with van der Waals surface area (Å²) in [5.74, 6) is 1.95. The first-order valence-corrected chi connectivity index (χ1v) is 7.67. The zero-order valence-corrected chi connectivity index (χ0v) is 11.8. The van der Waals surface area contributed by atoms with Gasteiger partial charge in [0.05, 0.1) is 0 Å². The molecule has 0 spiro atoms. The highest BCUT2D eigenvalue weighted by Gasteiger charge is 2.22. The summed E-state index contributed by atoms with van der Waals surface area (Å²) in [6, 6.07) is 8.97. The summed E-state index contributed by atoms with van der Waals surface area (Å²) in [5, 5.41) is 0. The maximum atomic E-state index is 6.07. The largest absolute Gasteiger partial charge is 0.327 e. The molecule has 1 aliphatic carbocycles. The van der Waals surface area contributed by atoms with Crippen molar-refractivity contribution in [1.82, 2.24) is 0 Å². The first-order valence-electron chi connectivity index (χ1n) is 5.89. The molecule has 1 nitrogen and oxygen atoms in total. The lowest BCUT2D eigenvalue weighted by atomic mass is 10.0. The van der Waals surface area contributed by atoms with E-state index in [4.69, 9.17) is 5.73 Å². The van der Waals surface area contributed by atoms with Crippen LogP contribution in [-0.4, -0.2) is 11.8 Å². The van der Waals surface area contributed by atoms with E-state index in [9.17, 15) is 0 Å². The van der Waals surface area contributed by atoms with Gasteiger partial charge in [0, 0.05) is 15.4 Å². The van der Waals surface area contributed by atoms with E-state index in [1.165, 1.54) is 36.3 Å². The van der Waals surface area contributed by atoms with Crippen molar-refractivity contribution >= 4 is 27.7 Å². The van der Waals surface area contributed by atoms with Crippen LogP contribution in [0.25, 0.3) is 0 Å². The first kappa shape index (κ1) is 12.5. The molecule has 16 heavy (non-hydrogen) atoms. The zero-order chi connectivity index (χ0) is 11.4. The number of thioether (sulfide) groups is 1. The van der Waals surface area contributed by atoms with Crippen LogP contribution in [0.2, 0.25) is 0 Å². The average molecular weight is 300 g/mol. The van der Waals surface area contributed by atoms with Gasteiger partial charge in [-0.2, -0.15) is 0 Å². The van der Waals surface area contributed by atoms with Crippen LogP contribution in [0.1, 0.15) is 25.7 Å². The molecule has 1 aliphatic rings. The van der Waals surface area contributed by atoms with Gasteiger partial charge in [-0.05, 0) is 49.1 Å². The molecule has 3 heteroatoms. The van der Waals surface area contributed by atoms with E-state index in [0.29, 0.717) is 6.04 Å². The molecule has 2 rings (SSSR count). The minimum atomic E-state index is 0.461. The van der Waals surface area contributed by atoms with Gasteiger partial charge >= 0.3 is 0 Å². The topological polar surface area (TPSA) is 26.0 Å². The average Bonchev–Trinajstić information content (AvgIpc) is 2.65. The lowest BCUT2D eigenvalue weighted by Crippen LogP contribution is -2.24. The van der Waals surface area contributed by atoms with E-state index >= 15 is 0 Å². The highest BCUT2D eigenvalue weighted by Crippen LogP contribution is 2.30. The predicted molar refractivity (Wildman–Crippen MR) is 74.8 cm³/mol. The molecule has 2 atom stereocenters. The smallest absolute Gasteiger partial charge is 0.0186 e. The number of benzene rings is 1. The molecular weight excluding hydrogens is 282 g/mol. The SMILES string of the molecule is NC1CCCC1CCSc1cccc(Br)c1. The summed E-state index contributed by atoms with van der Waals surface area (Å²) in [4.78, 5) is 1.35. The van der Waals surface area contributed by atoms with E-state index < -0.39 is 0 Å². The summed E-state index contributed by atoms with van der Waals surface area (Å²) >= 11 is 5.43. The Morgan fingerprint density at radius 3 is 2.94 bits per heavy atom. The van der Waals surface area contributed by atoms with Crippen molar-refractivity contribution < 1.29 is 0 Å². The summed E-state index contributed by atoms with van der Waals surface area (Å²) in [6.45, 7) is 0. The predicted octanol–water partition coefficient (Wildman–Crippen LogP) is 4.06. The lowest BCUT2D eigenvalue weighted by Gasteiger charge is -2.14. The second-order valence-corrected chi connectivity index (χ2v) is 6.53. The van der Waals surface area contributed by atoms with Crippen molar-refractivity contribution in [3.05, 3.63) is 28.7 Å². The van der Waals surface area contributed by atoms with E-state index in [1.807, 2.05) is 11.8 Å². The number of hydrogen-bond donors (Lipinski definition) is 1. The molecule has 2 N–H and O–H groups in total. The Morgan fingerprint density at radius 2 is 2.25 bits per heavy atom. The molecule has 0 aliphatic heterocycles. The fourth-order valence-corrected chi connectivity index (χ4v) is 3.90. The Hall–Kier alpha value is 0.01000. The van der Waals surface area contributed by atoms with Crippen molar-refractivity contribution in [3.8, 4) is 0 Å². The van der Waals surface area contributed by atoms with Gasteiger partial charge in [0.25, 0.3) is 0 Å². The molecular formula is C13H18BrNS. The van der Waals surface area contributed by atoms with Gasteiger partial charge in [0.15, 0.2) is 0 Å². The fraction of sp³-hybridized carbons (Fsp3) is 0.538. The van der Waals surface area contributed by atoms with Gasteiger partial charge in [-0.1, -0.05) is 28.4 Å². The second kappa shape index (κ2) is 6.08. The maximum Gasteiger partial charge on any atom is 0.0186 e. The monoisotopic (exact) mass is 299 g/mol. The summed E-state index contributed by atoms with van der Waals surface area (Å²) in [6.07, 6.45) is 5.15. The minimum Gasteiger partial charge on any atom is -0.327 e. The highest BCUT2D eigenvalue weighted by molar-refractivity contribution is 9.10. The minimum absolute atomic E-state index is 0.461. The molecule has 0 saturated heterocycles. The van der Waals surface area contributed by atoms with Crippen LogP contribution in [-0.2, 0) is 0 Å². The molecule has 0 radical (unpaired) electrons. The molecule has 0 bridgehead atoms.